The first-order valence-electron chi connectivity index (χ1n) is 6.86. The van der Waals surface area contributed by atoms with Gasteiger partial charge in [0.2, 0.25) is 0 Å². The molecule has 110 valence electrons. The van der Waals surface area contributed by atoms with E-state index in [1.54, 1.807) is 6.07 Å². The molecule has 1 aromatic heterocycles. The van der Waals surface area contributed by atoms with Crippen molar-refractivity contribution in [3.63, 3.8) is 0 Å². The third-order valence-electron chi connectivity index (χ3n) is 3.47. The zero-order valence-electron chi connectivity index (χ0n) is 11.9. The zero-order chi connectivity index (χ0) is 15.0. The van der Waals surface area contributed by atoms with Crippen LogP contribution in [0.15, 0.2) is 22.7 Å². The van der Waals surface area contributed by atoms with Crippen LogP contribution in [0.2, 0.25) is 0 Å². The number of nitrogens with zero attached hydrogens (tertiary/aromatic N) is 2. The maximum atomic E-state index is 13.7. The summed E-state index contributed by atoms with van der Waals surface area (Å²) >= 11 is 3.19. The largest absolute Gasteiger partial charge is 0.373 e. The fourth-order valence-electron chi connectivity index (χ4n) is 2.10. The third kappa shape index (κ3) is 3.15. The molecular formula is C15H16BrFN4. The molecule has 2 N–H and O–H groups in total. The van der Waals surface area contributed by atoms with Gasteiger partial charge in [0.25, 0.3) is 0 Å². The van der Waals surface area contributed by atoms with E-state index in [9.17, 15) is 4.39 Å². The minimum atomic E-state index is -0.298. The van der Waals surface area contributed by atoms with Crippen molar-refractivity contribution in [3.05, 3.63) is 39.9 Å². The Morgan fingerprint density at radius 1 is 1.19 bits per heavy atom. The standard InChI is InChI=1S/C15H16BrFN4/c1-8-5-10(16)11(17)6-12(8)19-14-7-13(18-2)20-15(21-14)9-3-4-9/h5-7,9H,3-4H2,1-2H3,(H2,18,19,20,21). The summed E-state index contributed by atoms with van der Waals surface area (Å²) in [6.45, 7) is 1.93. The van der Waals surface area contributed by atoms with Gasteiger partial charge in [0.05, 0.1) is 4.47 Å². The van der Waals surface area contributed by atoms with Crippen molar-refractivity contribution in [1.82, 2.24) is 9.97 Å². The number of benzene rings is 1. The molecule has 2 aromatic rings. The Kier molecular flexibility index (Phi) is 3.80. The van der Waals surface area contributed by atoms with Crippen LogP contribution in [0.5, 0.6) is 0 Å². The molecule has 4 nitrogen and oxygen atoms in total. The van der Waals surface area contributed by atoms with Crippen LogP contribution in [0, 0.1) is 12.7 Å². The number of hydrogen-bond acceptors (Lipinski definition) is 4. The number of anilines is 3. The van der Waals surface area contributed by atoms with Crippen molar-refractivity contribution in [1.29, 1.82) is 0 Å². The highest BCUT2D eigenvalue weighted by Crippen LogP contribution is 2.39. The average Bonchev–Trinajstić information content (AvgIpc) is 3.29. The topological polar surface area (TPSA) is 49.8 Å². The van der Waals surface area contributed by atoms with Crippen LogP contribution in [-0.4, -0.2) is 17.0 Å². The Morgan fingerprint density at radius 3 is 2.57 bits per heavy atom. The summed E-state index contributed by atoms with van der Waals surface area (Å²) in [4.78, 5) is 9.00. The van der Waals surface area contributed by atoms with Crippen LogP contribution >= 0.6 is 15.9 Å². The van der Waals surface area contributed by atoms with Crippen molar-refractivity contribution in [2.75, 3.05) is 17.7 Å². The summed E-state index contributed by atoms with van der Waals surface area (Å²) in [6, 6.07) is 5.04. The lowest BCUT2D eigenvalue weighted by atomic mass is 10.2. The van der Waals surface area contributed by atoms with E-state index in [1.807, 2.05) is 20.0 Å². The fourth-order valence-corrected chi connectivity index (χ4v) is 2.56. The van der Waals surface area contributed by atoms with Crippen molar-refractivity contribution in [3.8, 4) is 0 Å². The molecule has 0 saturated heterocycles. The van der Waals surface area contributed by atoms with Gasteiger partial charge in [-0.05, 0) is 53.4 Å². The normalized spacial score (nSPS) is 14.1. The van der Waals surface area contributed by atoms with Gasteiger partial charge in [-0.2, -0.15) is 0 Å². The van der Waals surface area contributed by atoms with E-state index >= 15 is 0 Å². The lowest BCUT2D eigenvalue weighted by Crippen LogP contribution is -2.04. The lowest BCUT2D eigenvalue weighted by Gasteiger charge is -2.12. The van der Waals surface area contributed by atoms with Crippen molar-refractivity contribution >= 4 is 33.3 Å². The number of halogens is 2. The monoisotopic (exact) mass is 350 g/mol. The second kappa shape index (κ2) is 5.60. The maximum Gasteiger partial charge on any atom is 0.139 e. The van der Waals surface area contributed by atoms with Gasteiger partial charge in [-0.1, -0.05) is 0 Å². The molecule has 1 fully saturated rings. The van der Waals surface area contributed by atoms with Crippen LogP contribution in [0.3, 0.4) is 0 Å². The lowest BCUT2D eigenvalue weighted by molar-refractivity contribution is 0.621. The highest BCUT2D eigenvalue weighted by Gasteiger charge is 2.27. The summed E-state index contributed by atoms with van der Waals surface area (Å²) in [6.07, 6.45) is 2.27. The van der Waals surface area contributed by atoms with Crippen LogP contribution in [0.1, 0.15) is 30.1 Å². The van der Waals surface area contributed by atoms with Gasteiger partial charge < -0.3 is 10.6 Å². The van der Waals surface area contributed by atoms with Crippen LogP contribution in [-0.2, 0) is 0 Å². The molecule has 0 bridgehead atoms. The van der Waals surface area contributed by atoms with Gasteiger partial charge >= 0.3 is 0 Å². The third-order valence-corrected chi connectivity index (χ3v) is 4.08. The first-order chi connectivity index (χ1) is 10.1. The Morgan fingerprint density at radius 2 is 1.90 bits per heavy atom. The predicted octanol–water partition coefficient (Wildman–Crippen LogP) is 4.35. The smallest absolute Gasteiger partial charge is 0.139 e. The summed E-state index contributed by atoms with van der Waals surface area (Å²) in [5.74, 6) is 2.46. The maximum absolute atomic E-state index is 13.7. The highest BCUT2D eigenvalue weighted by molar-refractivity contribution is 9.10. The second-order valence-electron chi connectivity index (χ2n) is 5.23. The molecule has 0 aliphatic heterocycles. The Labute approximate surface area is 131 Å². The first-order valence-corrected chi connectivity index (χ1v) is 7.65. The van der Waals surface area contributed by atoms with Crippen molar-refractivity contribution in [2.24, 2.45) is 0 Å². The molecule has 0 unspecified atom stereocenters. The Hall–Kier alpha value is -1.69. The fraction of sp³-hybridized carbons (Fsp3) is 0.333. The van der Waals surface area contributed by atoms with Gasteiger partial charge in [0.1, 0.15) is 23.3 Å². The molecular weight excluding hydrogens is 335 g/mol. The molecule has 0 atom stereocenters. The molecule has 1 aliphatic rings. The van der Waals surface area contributed by atoms with E-state index in [0.29, 0.717) is 21.9 Å². The van der Waals surface area contributed by atoms with Crippen LogP contribution in [0.25, 0.3) is 0 Å². The number of hydrogen-bond donors (Lipinski definition) is 2. The quantitative estimate of drug-likeness (QED) is 0.860. The molecule has 1 aliphatic carbocycles. The average molecular weight is 351 g/mol. The van der Waals surface area contributed by atoms with Crippen molar-refractivity contribution in [2.45, 2.75) is 25.7 Å². The molecule has 0 amide bonds. The van der Waals surface area contributed by atoms with Gasteiger partial charge in [0.15, 0.2) is 0 Å². The molecule has 1 saturated carbocycles. The van der Waals surface area contributed by atoms with Gasteiger partial charge in [-0.15, -0.1) is 0 Å². The van der Waals surface area contributed by atoms with Gasteiger partial charge in [0, 0.05) is 24.7 Å². The SMILES string of the molecule is CNc1cc(Nc2cc(F)c(Br)cc2C)nc(C2CC2)n1. The van der Waals surface area contributed by atoms with E-state index in [1.165, 1.54) is 6.07 Å². The number of nitrogens with one attached hydrogen (secondary N) is 2. The van der Waals surface area contributed by atoms with Crippen molar-refractivity contribution < 1.29 is 4.39 Å². The molecule has 3 rings (SSSR count). The molecule has 0 radical (unpaired) electrons. The number of aromatic nitrogens is 2. The Bertz CT molecular complexity index is 686. The molecule has 21 heavy (non-hydrogen) atoms. The van der Waals surface area contributed by atoms with Gasteiger partial charge in [-0.25, -0.2) is 14.4 Å². The summed E-state index contributed by atoms with van der Waals surface area (Å²) in [5.41, 5.74) is 1.65. The minimum absolute atomic E-state index is 0.298. The van der Waals surface area contributed by atoms with Crippen LogP contribution in [0.4, 0.5) is 21.7 Å². The molecule has 0 spiro atoms. The second-order valence-corrected chi connectivity index (χ2v) is 6.08. The van der Waals surface area contributed by atoms with E-state index in [0.717, 1.165) is 30.0 Å². The first kappa shape index (κ1) is 14.3. The minimum Gasteiger partial charge on any atom is -0.373 e. The Balaban J connectivity index is 1.94. The number of aryl methyl sites for hydroxylation is 1. The summed E-state index contributed by atoms with van der Waals surface area (Å²) in [5, 5.41) is 6.22. The summed E-state index contributed by atoms with van der Waals surface area (Å²) < 4.78 is 14.2. The molecule has 1 heterocycles. The van der Waals surface area contributed by atoms with E-state index in [2.05, 4.69) is 36.5 Å². The number of rotatable bonds is 4. The molecule has 6 heteroatoms. The van der Waals surface area contributed by atoms with Crippen LogP contribution < -0.4 is 10.6 Å². The molecule has 1 aromatic carbocycles. The predicted molar refractivity (Wildman–Crippen MR) is 85.7 cm³/mol. The summed E-state index contributed by atoms with van der Waals surface area (Å²) in [7, 11) is 1.83. The van der Waals surface area contributed by atoms with E-state index < -0.39 is 0 Å². The van der Waals surface area contributed by atoms with E-state index in [4.69, 9.17) is 0 Å². The van der Waals surface area contributed by atoms with E-state index in [-0.39, 0.29) is 5.82 Å². The van der Waals surface area contributed by atoms with Gasteiger partial charge in [-0.3, -0.25) is 0 Å². The zero-order valence-corrected chi connectivity index (χ0v) is 13.5. The highest BCUT2D eigenvalue weighted by atomic mass is 79.9.